The number of amides is 2. The van der Waals surface area contributed by atoms with E-state index in [1.165, 1.54) is 0 Å². The number of carbonyl (C=O) groups excluding carboxylic acids is 2. The van der Waals surface area contributed by atoms with Gasteiger partial charge < -0.3 is 10.6 Å². The van der Waals surface area contributed by atoms with Gasteiger partial charge in [0.15, 0.2) is 0 Å². The van der Waals surface area contributed by atoms with Crippen molar-refractivity contribution >= 4 is 39.1 Å². The van der Waals surface area contributed by atoms with Gasteiger partial charge in [-0.1, -0.05) is 34.1 Å². The molecule has 5 heteroatoms. The third kappa shape index (κ3) is 3.79. The lowest BCUT2D eigenvalue weighted by Gasteiger charge is -2.07. The van der Waals surface area contributed by atoms with E-state index in [-0.39, 0.29) is 23.7 Å². The summed E-state index contributed by atoms with van der Waals surface area (Å²) in [7, 11) is 0. The van der Waals surface area contributed by atoms with E-state index in [1.54, 1.807) is 0 Å². The fourth-order valence-electron chi connectivity index (χ4n) is 2.49. The van der Waals surface area contributed by atoms with Crippen LogP contribution in [-0.2, 0) is 9.59 Å². The van der Waals surface area contributed by atoms with E-state index >= 15 is 0 Å². The Morgan fingerprint density at radius 2 is 1.57 bits per heavy atom. The number of halogens is 1. The molecule has 2 aromatic carbocycles. The minimum atomic E-state index is -0.248. The van der Waals surface area contributed by atoms with Crippen molar-refractivity contribution < 1.29 is 9.59 Å². The number of anilines is 2. The van der Waals surface area contributed by atoms with Crippen LogP contribution in [0, 0.1) is 18.8 Å². The highest BCUT2D eigenvalue weighted by atomic mass is 79.9. The van der Waals surface area contributed by atoms with E-state index in [9.17, 15) is 9.59 Å². The molecule has 2 atom stereocenters. The summed E-state index contributed by atoms with van der Waals surface area (Å²) in [6, 6.07) is 14.9. The van der Waals surface area contributed by atoms with E-state index in [0.29, 0.717) is 6.42 Å². The number of para-hydroxylation sites is 1. The first-order valence-corrected chi connectivity index (χ1v) is 8.27. The zero-order valence-electron chi connectivity index (χ0n) is 12.7. The van der Waals surface area contributed by atoms with Crippen molar-refractivity contribution in [2.24, 2.45) is 11.8 Å². The fraction of sp³-hybridized carbons (Fsp3) is 0.222. The number of aryl methyl sites for hydroxylation is 1. The Bertz CT molecular complexity index is 746. The minimum absolute atomic E-state index is 0.0941. The van der Waals surface area contributed by atoms with Crippen molar-refractivity contribution in [1.29, 1.82) is 0 Å². The molecule has 0 aliphatic heterocycles. The lowest BCUT2D eigenvalue weighted by Crippen LogP contribution is -2.20. The Balaban J connectivity index is 1.56. The summed E-state index contributed by atoms with van der Waals surface area (Å²) in [4.78, 5) is 24.4. The molecule has 0 aromatic heterocycles. The van der Waals surface area contributed by atoms with Crippen LogP contribution < -0.4 is 10.6 Å². The molecule has 1 fully saturated rings. The Morgan fingerprint density at radius 1 is 0.957 bits per heavy atom. The molecule has 2 N–H and O–H groups in total. The number of rotatable bonds is 4. The van der Waals surface area contributed by atoms with Gasteiger partial charge in [-0.3, -0.25) is 9.59 Å². The summed E-state index contributed by atoms with van der Waals surface area (Å²) < 4.78 is 1.00. The van der Waals surface area contributed by atoms with E-state index in [4.69, 9.17) is 0 Å². The molecule has 0 spiro atoms. The molecule has 0 heterocycles. The molecule has 1 aliphatic carbocycles. The summed E-state index contributed by atoms with van der Waals surface area (Å²) in [5.41, 5.74) is 2.56. The van der Waals surface area contributed by atoms with Gasteiger partial charge in [-0.25, -0.2) is 0 Å². The van der Waals surface area contributed by atoms with Gasteiger partial charge in [0.2, 0.25) is 11.8 Å². The number of nitrogens with one attached hydrogen (secondary N) is 2. The Morgan fingerprint density at radius 3 is 2.17 bits per heavy atom. The molecule has 2 unspecified atom stereocenters. The summed E-state index contributed by atoms with van der Waals surface area (Å²) in [6.07, 6.45) is 0.597. The number of hydrogen-bond donors (Lipinski definition) is 2. The first-order chi connectivity index (χ1) is 11.0. The zero-order valence-corrected chi connectivity index (χ0v) is 14.3. The quantitative estimate of drug-likeness (QED) is 0.852. The summed E-state index contributed by atoms with van der Waals surface area (Å²) >= 11 is 3.43. The monoisotopic (exact) mass is 372 g/mol. The maximum absolute atomic E-state index is 12.2. The highest BCUT2D eigenvalue weighted by Crippen LogP contribution is 2.40. The second kappa shape index (κ2) is 6.54. The van der Waals surface area contributed by atoms with Crippen molar-refractivity contribution in [3.8, 4) is 0 Å². The van der Waals surface area contributed by atoms with Crippen LogP contribution in [0.3, 0.4) is 0 Å². The summed E-state index contributed by atoms with van der Waals surface area (Å²) in [5, 5.41) is 5.72. The van der Waals surface area contributed by atoms with Gasteiger partial charge in [-0.2, -0.15) is 0 Å². The molecule has 1 aliphatic rings. The van der Waals surface area contributed by atoms with Crippen LogP contribution in [0.4, 0.5) is 11.4 Å². The van der Waals surface area contributed by atoms with Gasteiger partial charge in [0, 0.05) is 15.8 Å². The summed E-state index contributed by atoms with van der Waals surface area (Å²) in [6.45, 7) is 1.97. The van der Waals surface area contributed by atoms with Crippen molar-refractivity contribution in [2.45, 2.75) is 13.3 Å². The zero-order chi connectivity index (χ0) is 16.4. The van der Waals surface area contributed by atoms with E-state index < -0.39 is 0 Å². The standard InChI is InChI=1S/C18H17BrN2O2/c1-11-9-13(7-8-16(11)19)21-18(23)15-10-14(15)17(22)20-12-5-3-2-4-6-12/h2-9,14-15H,10H2,1H3,(H,20,22)(H,21,23). The molecule has 1 saturated carbocycles. The molecule has 0 radical (unpaired) electrons. The minimum Gasteiger partial charge on any atom is -0.326 e. The van der Waals surface area contributed by atoms with Crippen LogP contribution in [0.5, 0.6) is 0 Å². The molecule has 2 amide bonds. The average Bonchev–Trinajstić information content (AvgIpc) is 3.33. The topological polar surface area (TPSA) is 58.2 Å². The van der Waals surface area contributed by atoms with Gasteiger partial charge in [0.05, 0.1) is 11.8 Å². The smallest absolute Gasteiger partial charge is 0.228 e. The molecule has 23 heavy (non-hydrogen) atoms. The van der Waals surface area contributed by atoms with Crippen LogP contribution in [0.1, 0.15) is 12.0 Å². The SMILES string of the molecule is Cc1cc(NC(=O)C2CC2C(=O)Nc2ccccc2)ccc1Br. The van der Waals surface area contributed by atoms with Gasteiger partial charge in [-0.05, 0) is 49.2 Å². The lowest BCUT2D eigenvalue weighted by molar-refractivity contribution is -0.122. The predicted molar refractivity (Wildman–Crippen MR) is 94.2 cm³/mol. The third-order valence-electron chi connectivity index (χ3n) is 3.93. The molecular weight excluding hydrogens is 356 g/mol. The Labute approximate surface area is 143 Å². The molecule has 0 saturated heterocycles. The average molecular weight is 373 g/mol. The number of carbonyl (C=O) groups is 2. The van der Waals surface area contributed by atoms with Gasteiger partial charge in [-0.15, -0.1) is 0 Å². The van der Waals surface area contributed by atoms with Gasteiger partial charge >= 0.3 is 0 Å². The highest BCUT2D eigenvalue weighted by Gasteiger charge is 2.48. The second-order valence-electron chi connectivity index (χ2n) is 5.76. The van der Waals surface area contributed by atoms with Gasteiger partial charge in [0.1, 0.15) is 0 Å². The van der Waals surface area contributed by atoms with Crippen LogP contribution in [-0.4, -0.2) is 11.8 Å². The Hall–Kier alpha value is -2.14. The first-order valence-electron chi connectivity index (χ1n) is 7.47. The maximum atomic E-state index is 12.2. The van der Waals surface area contributed by atoms with E-state index in [2.05, 4.69) is 26.6 Å². The van der Waals surface area contributed by atoms with Crippen molar-refractivity contribution in [3.05, 3.63) is 58.6 Å². The van der Waals surface area contributed by atoms with Gasteiger partial charge in [0.25, 0.3) is 0 Å². The van der Waals surface area contributed by atoms with E-state index in [1.807, 2.05) is 55.5 Å². The van der Waals surface area contributed by atoms with Crippen LogP contribution >= 0.6 is 15.9 Å². The van der Waals surface area contributed by atoms with Crippen molar-refractivity contribution in [2.75, 3.05) is 10.6 Å². The Kier molecular flexibility index (Phi) is 4.48. The molecular formula is C18H17BrN2O2. The first kappa shape index (κ1) is 15.7. The molecule has 4 nitrogen and oxygen atoms in total. The van der Waals surface area contributed by atoms with E-state index in [0.717, 1.165) is 21.4 Å². The second-order valence-corrected chi connectivity index (χ2v) is 6.61. The van der Waals surface area contributed by atoms with Crippen LogP contribution in [0.15, 0.2) is 53.0 Å². The number of benzene rings is 2. The van der Waals surface area contributed by atoms with Crippen molar-refractivity contribution in [3.63, 3.8) is 0 Å². The van der Waals surface area contributed by atoms with Crippen LogP contribution in [0.25, 0.3) is 0 Å². The molecule has 0 bridgehead atoms. The van der Waals surface area contributed by atoms with Crippen molar-refractivity contribution in [1.82, 2.24) is 0 Å². The lowest BCUT2D eigenvalue weighted by atomic mass is 10.2. The highest BCUT2D eigenvalue weighted by molar-refractivity contribution is 9.10. The molecule has 3 rings (SSSR count). The predicted octanol–water partition coefficient (Wildman–Crippen LogP) is 3.97. The van der Waals surface area contributed by atoms with Crippen LogP contribution in [0.2, 0.25) is 0 Å². The fourth-order valence-corrected chi connectivity index (χ4v) is 2.74. The third-order valence-corrected chi connectivity index (χ3v) is 4.82. The number of hydrogen-bond acceptors (Lipinski definition) is 2. The molecule has 2 aromatic rings. The normalized spacial score (nSPS) is 19.0. The molecule has 118 valence electrons. The summed E-state index contributed by atoms with van der Waals surface area (Å²) in [5.74, 6) is -0.683. The maximum Gasteiger partial charge on any atom is 0.228 e. The largest absolute Gasteiger partial charge is 0.326 e.